The van der Waals surface area contributed by atoms with Crippen molar-refractivity contribution in [2.45, 2.75) is 32.2 Å². The largest absolute Gasteiger partial charge is 0.409 e. The van der Waals surface area contributed by atoms with Crippen LogP contribution in [0.3, 0.4) is 0 Å². The number of nitrogens with two attached hydrogens (primary N) is 1. The maximum atomic E-state index is 12.8. The quantitative estimate of drug-likeness (QED) is 0.388. The SMILES string of the molecule is CN(Cc1cccc(Cl)c1)C(=O)C1(C(N)=NO)CCCC1. The van der Waals surface area contributed by atoms with Gasteiger partial charge in [-0.05, 0) is 30.5 Å². The van der Waals surface area contributed by atoms with Crippen LogP contribution in [0.5, 0.6) is 0 Å². The molecule has 114 valence electrons. The molecule has 1 aliphatic rings. The summed E-state index contributed by atoms with van der Waals surface area (Å²) in [6.45, 7) is 0.444. The summed E-state index contributed by atoms with van der Waals surface area (Å²) in [6.07, 6.45) is 3.07. The van der Waals surface area contributed by atoms with Gasteiger partial charge >= 0.3 is 0 Å². The molecule has 2 rings (SSSR count). The fraction of sp³-hybridized carbons (Fsp3) is 0.467. The zero-order valence-corrected chi connectivity index (χ0v) is 12.8. The maximum absolute atomic E-state index is 12.8. The molecule has 1 saturated carbocycles. The van der Waals surface area contributed by atoms with Crippen molar-refractivity contribution in [2.24, 2.45) is 16.3 Å². The molecule has 0 unspecified atom stereocenters. The molecule has 21 heavy (non-hydrogen) atoms. The van der Waals surface area contributed by atoms with Crippen molar-refractivity contribution in [1.82, 2.24) is 4.90 Å². The van der Waals surface area contributed by atoms with Crippen LogP contribution < -0.4 is 5.73 Å². The number of nitrogens with zero attached hydrogens (tertiary/aromatic N) is 2. The zero-order valence-electron chi connectivity index (χ0n) is 12.1. The molecule has 0 saturated heterocycles. The third kappa shape index (κ3) is 3.13. The van der Waals surface area contributed by atoms with Crippen molar-refractivity contribution in [1.29, 1.82) is 0 Å². The van der Waals surface area contributed by atoms with Gasteiger partial charge in [0.25, 0.3) is 0 Å². The summed E-state index contributed by atoms with van der Waals surface area (Å²) in [5, 5.41) is 12.7. The Hall–Kier alpha value is -1.75. The summed E-state index contributed by atoms with van der Waals surface area (Å²) in [5.74, 6) is -0.0850. The highest BCUT2D eigenvalue weighted by Crippen LogP contribution is 2.40. The van der Waals surface area contributed by atoms with E-state index in [-0.39, 0.29) is 11.7 Å². The first-order chi connectivity index (χ1) is 9.99. The van der Waals surface area contributed by atoms with Gasteiger partial charge < -0.3 is 15.8 Å². The fourth-order valence-corrected chi connectivity index (χ4v) is 3.21. The van der Waals surface area contributed by atoms with Crippen molar-refractivity contribution < 1.29 is 10.0 Å². The minimum absolute atomic E-state index is 0.0166. The third-order valence-corrected chi connectivity index (χ3v) is 4.36. The van der Waals surface area contributed by atoms with E-state index in [2.05, 4.69) is 5.16 Å². The number of rotatable bonds is 4. The Labute approximate surface area is 129 Å². The van der Waals surface area contributed by atoms with Crippen molar-refractivity contribution in [3.05, 3.63) is 34.9 Å². The van der Waals surface area contributed by atoms with Gasteiger partial charge in [-0.3, -0.25) is 4.79 Å². The van der Waals surface area contributed by atoms with Crippen LogP contribution in [0.15, 0.2) is 29.4 Å². The second kappa shape index (κ2) is 6.35. The van der Waals surface area contributed by atoms with Crippen molar-refractivity contribution in [2.75, 3.05) is 7.05 Å². The lowest BCUT2D eigenvalue weighted by Crippen LogP contribution is -2.48. The summed E-state index contributed by atoms with van der Waals surface area (Å²) in [5.41, 5.74) is 5.89. The second-order valence-corrected chi connectivity index (χ2v) is 6.00. The predicted molar refractivity (Wildman–Crippen MR) is 82.2 cm³/mol. The molecule has 0 radical (unpaired) electrons. The highest BCUT2D eigenvalue weighted by atomic mass is 35.5. The summed E-state index contributed by atoms with van der Waals surface area (Å²) in [7, 11) is 1.73. The van der Waals surface area contributed by atoms with E-state index in [0.29, 0.717) is 24.4 Å². The average Bonchev–Trinajstić information content (AvgIpc) is 2.96. The minimum atomic E-state index is -0.859. The van der Waals surface area contributed by atoms with E-state index in [9.17, 15) is 4.79 Å². The lowest BCUT2D eigenvalue weighted by atomic mass is 9.83. The average molecular weight is 310 g/mol. The van der Waals surface area contributed by atoms with Crippen LogP contribution in [0.25, 0.3) is 0 Å². The van der Waals surface area contributed by atoms with Crippen LogP contribution in [-0.4, -0.2) is 28.9 Å². The van der Waals surface area contributed by atoms with Crippen molar-refractivity contribution >= 4 is 23.3 Å². The van der Waals surface area contributed by atoms with Gasteiger partial charge in [-0.15, -0.1) is 0 Å². The smallest absolute Gasteiger partial charge is 0.236 e. The summed E-state index contributed by atoms with van der Waals surface area (Å²) < 4.78 is 0. The van der Waals surface area contributed by atoms with E-state index >= 15 is 0 Å². The van der Waals surface area contributed by atoms with E-state index in [0.717, 1.165) is 18.4 Å². The van der Waals surface area contributed by atoms with Gasteiger partial charge in [0.2, 0.25) is 5.91 Å². The highest BCUT2D eigenvalue weighted by Gasteiger charge is 2.46. The summed E-state index contributed by atoms with van der Waals surface area (Å²) in [4.78, 5) is 14.4. The Morgan fingerprint density at radius 2 is 2.14 bits per heavy atom. The Morgan fingerprint density at radius 3 is 2.71 bits per heavy atom. The van der Waals surface area contributed by atoms with Gasteiger partial charge in [-0.25, -0.2) is 0 Å². The summed E-state index contributed by atoms with van der Waals surface area (Å²) in [6, 6.07) is 7.39. The molecule has 0 atom stereocenters. The van der Waals surface area contributed by atoms with E-state index in [4.69, 9.17) is 22.5 Å². The Bertz CT molecular complexity index is 554. The van der Waals surface area contributed by atoms with Crippen LogP contribution in [0.4, 0.5) is 0 Å². The number of hydrogen-bond donors (Lipinski definition) is 2. The lowest BCUT2D eigenvalue weighted by Gasteiger charge is -2.31. The third-order valence-electron chi connectivity index (χ3n) is 4.12. The molecule has 1 aromatic rings. The number of oxime groups is 1. The van der Waals surface area contributed by atoms with Gasteiger partial charge in [-0.1, -0.05) is 41.7 Å². The van der Waals surface area contributed by atoms with E-state index in [1.54, 1.807) is 18.0 Å². The first-order valence-corrected chi connectivity index (χ1v) is 7.35. The van der Waals surface area contributed by atoms with E-state index < -0.39 is 5.41 Å². The number of benzene rings is 1. The molecule has 0 heterocycles. The molecule has 1 fully saturated rings. The van der Waals surface area contributed by atoms with Crippen LogP contribution >= 0.6 is 11.6 Å². The topological polar surface area (TPSA) is 78.9 Å². The second-order valence-electron chi connectivity index (χ2n) is 5.57. The van der Waals surface area contributed by atoms with Crippen LogP contribution in [-0.2, 0) is 11.3 Å². The molecule has 0 bridgehead atoms. The van der Waals surface area contributed by atoms with Gasteiger partial charge in [-0.2, -0.15) is 0 Å². The summed E-state index contributed by atoms with van der Waals surface area (Å²) >= 11 is 5.96. The van der Waals surface area contributed by atoms with Crippen molar-refractivity contribution in [3.63, 3.8) is 0 Å². The molecular weight excluding hydrogens is 290 g/mol. The van der Waals surface area contributed by atoms with Crippen molar-refractivity contribution in [3.8, 4) is 0 Å². The van der Waals surface area contributed by atoms with Crippen LogP contribution in [0.1, 0.15) is 31.2 Å². The Morgan fingerprint density at radius 1 is 1.48 bits per heavy atom. The number of carbonyl (C=O) groups excluding carboxylic acids is 1. The predicted octanol–water partition coefficient (Wildman–Crippen LogP) is 2.61. The number of carbonyl (C=O) groups is 1. The van der Waals surface area contributed by atoms with E-state index in [1.165, 1.54) is 0 Å². The van der Waals surface area contributed by atoms with Gasteiger partial charge in [0.15, 0.2) is 5.84 Å². The first-order valence-electron chi connectivity index (χ1n) is 6.97. The molecule has 5 nitrogen and oxygen atoms in total. The Kier molecular flexibility index (Phi) is 4.73. The monoisotopic (exact) mass is 309 g/mol. The molecule has 6 heteroatoms. The molecule has 0 spiro atoms. The Balaban J connectivity index is 2.17. The first kappa shape index (κ1) is 15.6. The van der Waals surface area contributed by atoms with Gasteiger partial charge in [0.1, 0.15) is 5.41 Å². The number of halogens is 1. The number of amidine groups is 1. The molecule has 0 aliphatic heterocycles. The number of hydrogen-bond acceptors (Lipinski definition) is 3. The molecule has 1 aromatic carbocycles. The van der Waals surface area contributed by atoms with E-state index in [1.807, 2.05) is 18.2 Å². The zero-order chi connectivity index (χ0) is 15.5. The number of amides is 1. The standard InChI is InChI=1S/C15H20ClN3O2/c1-19(10-11-5-4-6-12(16)9-11)14(20)15(13(17)18-21)7-2-3-8-15/h4-6,9,21H,2-3,7-8,10H2,1H3,(H2,17,18). The minimum Gasteiger partial charge on any atom is -0.409 e. The molecule has 3 N–H and O–H groups in total. The van der Waals surface area contributed by atoms with Crippen LogP contribution in [0, 0.1) is 5.41 Å². The van der Waals surface area contributed by atoms with Gasteiger partial charge in [0.05, 0.1) is 0 Å². The molecule has 1 aliphatic carbocycles. The molecule has 1 amide bonds. The maximum Gasteiger partial charge on any atom is 0.236 e. The normalized spacial score (nSPS) is 17.7. The fourth-order valence-electron chi connectivity index (χ4n) is 3.00. The highest BCUT2D eigenvalue weighted by molar-refractivity contribution is 6.30. The molecular formula is C15H20ClN3O2. The van der Waals surface area contributed by atoms with Gasteiger partial charge in [0, 0.05) is 18.6 Å². The molecule has 0 aromatic heterocycles. The lowest BCUT2D eigenvalue weighted by molar-refractivity contribution is -0.137. The van der Waals surface area contributed by atoms with Crippen LogP contribution in [0.2, 0.25) is 5.02 Å².